The first-order valence-corrected chi connectivity index (χ1v) is 8.21. The van der Waals surface area contributed by atoms with Gasteiger partial charge in [-0.25, -0.2) is 4.79 Å². The molecule has 3 nitrogen and oxygen atoms in total. The molecule has 0 aromatic heterocycles. The molecular formula is C16H23BrClNO2. The Bertz CT molecular complexity index is 498. The molecule has 0 aliphatic carbocycles. The number of halogens is 2. The number of benzene rings is 1. The van der Waals surface area contributed by atoms with Crippen molar-refractivity contribution in [2.24, 2.45) is 0 Å². The fourth-order valence-corrected chi connectivity index (χ4v) is 2.48. The third-order valence-corrected chi connectivity index (χ3v) is 3.74. The Morgan fingerprint density at radius 3 is 2.52 bits per heavy atom. The molecular weight excluding hydrogens is 354 g/mol. The summed E-state index contributed by atoms with van der Waals surface area (Å²) in [6.07, 6.45) is 0.402. The van der Waals surface area contributed by atoms with Crippen LogP contribution in [0.1, 0.15) is 40.2 Å². The molecule has 5 heteroatoms. The molecule has 118 valence electrons. The number of hydrogen-bond acceptors (Lipinski definition) is 2. The maximum absolute atomic E-state index is 12.2. The molecule has 0 aliphatic rings. The third kappa shape index (κ3) is 6.27. The first-order chi connectivity index (χ1) is 9.60. The number of amides is 1. The van der Waals surface area contributed by atoms with Crippen molar-refractivity contribution in [3.05, 3.63) is 33.3 Å². The van der Waals surface area contributed by atoms with Crippen LogP contribution in [0, 0.1) is 0 Å². The summed E-state index contributed by atoms with van der Waals surface area (Å²) in [5.41, 5.74) is 0.526. The number of ether oxygens (including phenoxy) is 1. The zero-order valence-corrected chi connectivity index (χ0v) is 15.6. The number of nitrogens with zero attached hydrogens (tertiary/aromatic N) is 1. The van der Waals surface area contributed by atoms with Gasteiger partial charge in [0.1, 0.15) is 5.60 Å². The van der Waals surface area contributed by atoms with Crippen LogP contribution in [0.15, 0.2) is 22.7 Å². The van der Waals surface area contributed by atoms with Gasteiger partial charge in [0.2, 0.25) is 0 Å². The first-order valence-electron chi connectivity index (χ1n) is 7.03. The van der Waals surface area contributed by atoms with E-state index in [1.807, 2.05) is 52.8 Å². The van der Waals surface area contributed by atoms with Crippen molar-refractivity contribution in [2.75, 3.05) is 6.54 Å². The molecule has 0 N–H and O–H groups in total. The van der Waals surface area contributed by atoms with E-state index in [4.69, 9.17) is 16.3 Å². The van der Waals surface area contributed by atoms with Gasteiger partial charge in [-0.3, -0.25) is 0 Å². The molecule has 0 fully saturated rings. The lowest BCUT2D eigenvalue weighted by Crippen LogP contribution is -2.42. The molecule has 1 rings (SSSR count). The highest BCUT2D eigenvalue weighted by Gasteiger charge is 2.24. The van der Waals surface area contributed by atoms with Crippen molar-refractivity contribution in [1.82, 2.24) is 4.90 Å². The Morgan fingerprint density at radius 2 is 2.00 bits per heavy atom. The topological polar surface area (TPSA) is 29.5 Å². The zero-order chi connectivity index (χ0) is 16.2. The molecule has 0 heterocycles. The predicted molar refractivity (Wildman–Crippen MR) is 90.9 cm³/mol. The minimum absolute atomic E-state index is 0.0748. The molecule has 0 unspecified atom stereocenters. The van der Waals surface area contributed by atoms with Crippen LogP contribution >= 0.6 is 27.5 Å². The minimum Gasteiger partial charge on any atom is -0.444 e. The number of carbonyl (C=O) groups is 1. The highest BCUT2D eigenvalue weighted by atomic mass is 79.9. The van der Waals surface area contributed by atoms with Crippen molar-refractivity contribution in [3.8, 4) is 0 Å². The SMILES string of the molecule is CC(C)N(CCc1cc(Br)ccc1Cl)C(=O)OC(C)(C)C. The second-order valence-corrected chi connectivity index (χ2v) is 7.58. The predicted octanol–water partition coefficient (Wildman–Crippen LogP) is 5.29. The fraction of sp³-hybridized carbons (Fsp3) is 0.562. The van der Waals surface area contributed by atoms with E-state index in [9.17, 15) is 4.79 Å². The molecule has 0 radical (unpaired) electrons. The molecule has 0 atom stereocenters. The van der Waals surface area contributed by atoms with Gasteiger partial charge in [0.15, 0.2) is 0 Å². The highest BCUT2D eigenvalue weighted by molar-refractivity contribution is 9.10. The van der Waals surface area contributed by atoms with Gasteiger partial charge in [-0.05, 0) is 64.8 Å². The Labute approximate surface area is 140 Å². The van der Waals surface area contributed by atoms with Crippen molar-refractivity contribution >= 4 is 33.6 Å². The molecule has 1 aromatic carbocycles. The van der Waals surface area contributed by atoms with E-state index in [0.717, 1.165) is 10.0 Å². The third-order valence-electron chi connectivity index (χ3n) is 2.88. The minimum atomic E-state index is -0.488. The summed E-state index contributed by atoms with van der Waals surface area (Å²) in [5.74, 6) is 0. The van der Waals surface area contributed by atoms with Gasteiger partial charge in [-0.2, -0.15) is 0 Å². The molecule has 1 amide bonds. The quantitative estimate of drug-likeness (QED) is 0.714. The normalized spacial score (nSPS) is 11.6. The monoisotopic (exact) mass is 375 g/mol. The Kier molecular flexibility index (Phi) is 6.54. The summed E-state index contributed by atoms with van der Waals surface area (Å²) in [6, 6.07) is 5.81. The highest BCUT2D eigenvalue weighted by Crippen LogP contribution is 2.22. The zero-order valence-electron chi connectivity index (χ0n) is 13.2. The molecule has 0 saturated heterocycles. The van der Waals surface area contributed by atoms with Gasteiger partial charge in [0.05, 0.1) is 0 Å². The molecule has 1 aromatic rings. The van der Waals surface area contributed by atoms with Crippen molar-refractivity contribution in [2.45, 2.75) is 52.7 Å². The van der Waals surface area contributed by atoms with Crippen LogP contribution in [0.5, 0.6) is 0 Å². The van der Waals surface area contributed by atoms with Gasteiger partial charge in [0, 0.05) is 22.1 Å². The van der Waals surface area contributed by atoms with E-state index in [-0.39, 0.29) is 12.1 Å². The Morgan fingerprint density at radius 1 is 1.38 bits per heavy atom. The molecule has 0 bridgehead atoms. The smallest absolute Gasteiger partial charge is 0.410 e. The van der Waals surface area contributed by atoms with Gasteiger partial charge >= 0.3 is 6.09 Å². The largest absolute Gasteiger partial charge is 0.444 e. The summed E-state index contributed by atoms with van der Waals surface area (Å²) in [4.78, 5) is 14.0. The number of hydrogen-bond donors (Lipinski definition) is 0. The maximum Gasteiger partial charge on any atom is 0.410 e. The second kappa shape index (κ2) is 7.50. The molecule has 0 saturated carbocycles. The average molecular weight is 377 g/mol. The lowest BCUT2D eigenvalue weighted by Gasteiger charge is -2.30. The van der Waals surface area contributed by atoms with E-state index in [1.165, 1.54) is 0 Å². The lowest BCUT2D eigenvalue weighted by molar-refractivity contribution is 0.0194. The summed E-state index contributed by atoms with van der Waals surface area (Å²) in [7, 11) is 0. The van der Waals surface area contributed by atoms with Crippen molar-refractivity contribution in [1.29, 1.82) is 0 Å². The fourth-order valence-electron chi connectivity index (χ4n) is 1.86. The van der Waals surface area contributed by atoms with Crippen LogP contribution < -0.4 is 0 Å². The van der Waals surface area contributed by atoms with E-state index in [2.05, 4.69) is 15.9 Å². The Hall–Kier alpha value is -0.740. The summed E-state index contributed by atoms with van der Waals surface area (Å²) < 4.78 is 6.43. The van der Waals surface area contributed by atoms with Crippen LogP contribution in [0.25, 0.3) is 0 Å². The van der Waals surface area contributed by atoms with Crippen LogP contribution in [-0.2, 0) is 11.2 Å². The van der Waals surface area contributed by atoms with Gasteiger partial charge in [-0.15, -0.1) is 0 Å². The maximum atomic E-state index is 12.2. The van der Waals surface area contributed by atoms with Gasteiger partial charge < -0.3 is 9.64 Å². The van der Waals surface area contributed by atoms with Gasteiger partial charge in [-0.1, -0.05) is 27.5 Å². The van der Waals surface area contributed by atoms with E-state index < -0.39 is 5.60 Å². The molecule has 0 spiro atoms. The van der Waals surface area contributed by atoms with E-state index in [1.54, 1.807) is 4.90 Å². The van der Waals surface area contributed by atoms with E-state index in [0.29, 0.717) is 18.0 Å². The summed E-state index contributed by atoms with van der Waals surface area (Å²) in [5, 5.41) is 0.714. The number of rotatable bonds is 4. The first kappa shape index (κ1) is 18.3. The summed E-state index contributed by atoms with van der Waals surface area (Å²) in [6.45, 7) is 10.1. The molecule has 21 heavy (non-hydrogen) atoms. The van der Waals surface area contributed by atoms with Crippen molar-refractivity contribution < 1.29 is 9.53 Å². The van der Waals surface area contributed by atoms with Crippen LogP contribution in [0.2, 0.25) is 5.02 Å². The molecule has 0 aliphatic heterocycles. The number of carbonyl (C=O) groups excluding carboxylic acids is 1. The second-order valence-electron chi connectivity index (χ2n) is 6.25. The Balaban J connectivity index is 2.76. The van der Waals surface area contributed by atoms with Crippen LogP contribution in [-0.4, -0.2) is 29.2 Å². The lowest BCUT2D eigenvalue weighted by atomic mass is 10.1. The summed E-state index contributed by atoms with van der Waals surface area (Å²) >= 11 is 9.63. The van der Waals surface area contributed by atoms with Crippen LogP contribution in [0.4, 0.5) is 4.79 Å². The van der Waals surface area contributed by atoms with Crippen LogP contribution in [0.3, 0.4) is 0 Å². The standard InChI is InChI=1S/C16H23BrClNO2/c1-11(2)19(15(20)21-16(3,4)5)9-8-12-10-13(17)6-7-14(12)18/h6-7,10-11H,8-9H2,1-5H3. The average Bonchev–Trinajstić information content (AvgIpc) is 2.31. The van der Waals surface area contributed by atoms with Crippen molar-refractivity contribution in [3.63, 3.8) is 0 Å². The van der Waals surface area contributed by atoms with Gasteiger partial charge in [0.25, 0.3) is 0 Å². The van der Waals surface area contributed by atoms with E-state index >= 15 is 0 Å².